The summed E-state index contributed by atoms with van der Waals surface area (Å²) in [5.41, 5.74) is 0. The van der Waals surface area contributed by atoms with Gasteiger partial charge in [0.15, 0.2) is 0 Å². The quantitative estimate of drug-likeness (QED) is 0.716. The molecule has 0 rings (SSSR count). The normalized spacial score (nSPS) is 14.9. The molecule has 0 aliphatic heterocycles. The summed E-state index contributed by atoms with van der Waals surface area (Å²) in [6.45, 7) is 4.66. The van der Waals surface area contributed by atoms with Crippen LogP contribution in [0.2, 0.25) is 0 Å². The molecule has 2 atom stereocenters. The third kappa shape index (κ3) is 5.60. The molecule has 84 valence electrons. The summed E-state index contributed by atoms with van der Waals surface area (Å²) in [7, 11) is 1.65. The molecule has 0 aliphatic rings. The molecule has 0 saturated heterocycles. The first-order chi connectivity index (χ1) is 6.65. The monoisotopic (exact) mass is 265 g/mol. The van der Waals surface area contributed by atoms with Crippen LogP contribution >= 0.6 is 15.9 Å². The molecule has 0 aromatic rings. The van der Waals surface area contributed by atoms with Crippen molar-refractivity contribution in [3.8, 4) is 0 Å². The van der Waals surface area contributed by atoms with Gasteiger partial charge in [0, 0.05) is 7.11 Å². The molecule has 0 aliphatic carbocycles. The van der Waals surface area contributed by atoms with Crippen LogP contribution in [0.25, 0.3) is 0 Å². The highest BCUT2D eigenvalue weighted by Crippen LogP contribution is 2.06. The van der Waals surface area contributed by atoms with Crippen molar-refractivity contribution in [2.24, 2.45) is 0 Å². The molecule has 0 fully saturated rings. The molecule has 4 heteroatoms. The van der Waals surface area contributed by atoms with Crippen molar-refractivity contribution in [3.63, 3.8) is 0 Å². The number of hydrogen-bond acceptors (Lipinski definition) is 2. The van der Waals surface area contributed by atoms with Crippen molar-refractivity contribution >= 4 is 21.8 Å². The number of nitrogens with one attached hydrogen (secondary N) is 1. The summed E-state index contributed by atoms with van der Waals surface area (Å²) in [6.07, 6.45) is 2.81. The zero-order valence-electron chi connectivity index (χ0n) is 9.18. The van der Waals surface area contributed by atoms with Gasteiger partial charge >= 0.3 is 0 Å². The van der Waals surface area contributed by atoms with E-state index in [9.17, 15) is 4.79 Å². The van der Waals surface area contributed by atoms with E-state index < -0.39 is 0 Å². The first-order valence-corrected chi connectivity index (χ1v) is 6.00. The van der Waals surface area contributed by atoms with Crippen LogP contribution in [0, 0.1) is 0 Å². The van der Waals surface area contributed by atoms with Gasteiger partial charge in [-0.1, -0.05) is 36.2 Å². The lowest BCUT2D eigenvalue weighted by molar-refractivity contribution is -0.121. The summed E-state index contributed by atoms with van der Waals surface area (Å²) in [5, 5.41) is 2.96. The Morgan fingerprint density at radius 1 is 1.50 bits per heavy atom. The second-order valence-electron chi connectivity index (χ2n) is 3.33. The van der Waals surface area contributed by atoms with Gasteiger partial charge in [-0.2, -0.15) is 0 Å². The predicted molar refractivity (Wildman–Crippen MR) is 61.7 cm³/mol. The molecular weight excluding hydrogens is 246 g/mol. The van der Waals surface area contributed by atoms with Crippen molar-refractivity contribution in [1.29, 1.82) is 0 Å². The van der Waals surface area contributed by atoms with Gasteiger partial charge < -0.3 is 10.1 Å². The molecule has 0 radical (unpaired) electrons. The van der Waals surface area contributed by atoms with Crippen LogP contribution < -0.4 is 5.32 Å². The Labute approximate surface area is 94.7 Å². The average Bonchev–Trinajstić information content (AvgIpc) is 2.17. The SMILES string of the molecule is CCCC(COC)NC(=O)C(Br)CC. The van der Waals surface area contributed by atoms with Gasteiger partial charge in [-0.25, -0.2) is 0 Å². The second-order valence-corrected chi connectivity index (χ2v) is 4.43. The maximum Gasteiger partial charge on any atom is 0.234 e. The molecule has 0 spiro atoms. The zero-order valence-corrected chi connectivity index (χ0v) is 10.8. The lowest BCUT2D eigenvalue weighted by atomic mass is 10.1. The minimum absolute atomic E-state index is 0.0583. The Hall–Kier alpha value is -0.0900. The van der Waals surface area contributed by atoms with Gasteiger partial charge in [0.2, 0.25) is 5.91 Å². The number of carbonyl (C=O) groups excluding carboxylic acids is 1. The van der Waals surface area contributed by atoms with Crippen LogP contribution in [0.3, 0.4) is 0 Å². The third-order valence-electron chi connectivity index (χ3n) is 1.99. The van der Waals surface area contributed by atoms with E-state index >= 15 is 0 Å². The van der Waals surface area contributed by atoms with Gasteiger partial charge in [-0.15, -0.1) is 0 Å². The van der Waals surface area contributed by atoms with E-state index in [0.29, 0.717) is 6.61 Å². The standard InChI is InChI=1S/C10H20BrNO2/c1-4-6-8(7-14-3)12-10(13)9(11)5-2/h8-9H,4-7H2,1-3H3,(H,12,13). The van der Waals surface area contributed by atoms with E-state index in [-0.39, 0.29) is 16.8 Å². The fourth-order valence-corrected chi connectivity index (χ4v) is 1.36. The van der Waals surface area contributed by atoms with E-state index in [1.54, 1.807) is 7.11 Å². The van der Waals surface area contributed by atoms with E-state index in [1.807, 2.05) is 6.92 Å². The number of ether oxygens (including phenoxy) is 1. The smallest absolute Gasteiger partial charge is 0.234 e. The van der Waals surface area contributed by atoms with Gasteiger partial charge in [-0.3, -0.25) is 4.79 Å². The number of amides is 1. The van der Waals surface area contributed by atoms with E-state index in [4.69, 9.17) is 4.74 Å². The van der Waals surface area contributed by atoms with Gasteiger partial charge in [0.1, 0.15) is 0 Å². The molecule has 1 N–H and O–H groups in total. The Balaban J connectivity index is 3.94. The van der Waals surface area contributed by atoms with Gasteiger partial charge in [-0.05, 0) is 12.8 Å². The van der Waals surface area contributed by atoms with Crippen LogP contribution in [-0.2, 0) is 9.53 Å². The minimum Gasteiger partial charge on any atom is -0.383 e. The zero-order chi connectivity index (χ0) is 11.0. The topological polar surface area (TPSA) is 38.3 Å². The molecule has 0 aromatic heterocycles. The van der Waals surface area contributed by atoms with E-state index in [0.717, 1.165) is 19.3 Å². The van der Waals surface area contributed by atoms with Crippen LogP contribution in [0.1, 0.15) is 33.1 Å². The Morgan fingerprint density at radius 2 is 2.14 bits per heavy atom. The van der Waals surface area contributed by atoms with Crippen molar-refractivity contribution < 1.29 is 9.53 Å². The fraction of sp³-hybridized carbons (Fsp3) is 0.900. The number of halogens is 1. The molecule has 3 nitrogen and oxygen atoms in total. The van der Waals surface area contributed by atoms with Crippen LogP contribution in [0.4, 0.5) is 0 Å². The maximum absolute atomic E-state index is 11.5. The molecule has 1 amide bonds. The summed E-state index contributed by atoms with van der Waals surface area (Å²) in [6, 6.07) is 0.143. The molecular formula is C10H20BrNO2. The highest BCUT2D eigenvalue weighted by atomic mass is 79.9. The lowest BCUT2D eigenvalue weighted by Crippen LogP contribution is -2.41. The van der Waals surface area contributed by atoms with Crippen molar-refractivity contribution in [3.05, 3.63) is 0 Å². The molecule has 0 saturated carbocycles. The van der Waals surface area contributed by atoms with Gasteiger partial charge in [0.25, 0.3) is 0 Å². The number of hydrogen-bond donors (Lipinski definition) is 1. The highest BCUT2D eigenvalue weighted by molar-refractivity contribution is 9.10. The predicted octanol–water partition coefficient (Wildman–Crippen LogP) is 2.09. The summed E-state index contributed by atoms with van der Waals surface area (Å²) in [5.74, 6) is 0.0583. The van der Waals surface area contributed by atoms with Crippen LogP contribution in [0.5, 0.6) is 0 Å². The Kier molecular flexibility index (Phi) is 8.18. The van der Waals surface area contributed by atoms with Crippen LogP contribution in [0.15, 0.2) is 0 Å². The maximum atomic E-state index is 11.5. The molecule has 0 bridgehead atoms. The number of methoxy groups -OCH3 is 1. The summed E-state index contributed by atoms with van der Waals surface area (Å²) in [4.78, 5) is 11.4. The van der Waals surface area contributed by atoms with Crippen molar-refractivity contribution in [2.75, 3.05) is 13.7 Å². The summed E-state index contributed by atoms with van der Waals surface area (Å²) < 4.78 is 5.04. The molecule has 0 aromatic carbocycles. The molecule has 2 unspecified atom stereocenters. The summed E-state index contributed by atoms with van der Waals surface area (Å²) >= 11 is 3.32. The minimum atomic E-state index is -0.0845. The lowest BCUT2D eigenvalue weighted by Gasteiger charge is -2.18. The van der Waals surface area contributed by atoms with Gasteiger partial charge in [0.05, 0.1) is 17.5 Å². The van der Waals surface area contributed by atoms with Crippen LogP contribution in [-0.4, -0.2) is 30.5 Å². The fourth-order valence-electron chi connectivity index (χ4n) is 1.22. The second kappa shape index (κ2) is 8.24. The largest absolute Gasteiger partial charge is 0.383 e. The average molecular weight is 266 g/mol. The van der Waals surface area contributed by atoms with Crippen molar-refractivity contribution in [2.45, 2.75) is 44.0 Å². The Bertz CT molecular complexity index is 158. The third-order valence-corrected chi connectivity index (χ3v) is 3.06. The molecule has 0 heterocycles. The van der Waals surface area contributed by atoms with E-state index in [2.05, 4.69) is 28.2 Å². The number of alkyl halides is 1. The first kappa shape index (κ1) is 13.9. The van der Waals surface area contributed by atoms with Crippen molar-refractivity contribution in [1.82, 2.24) is 5.32 Å². The highest BCUT2D eigenvalue weighted by Gasteiger charge is 2.16. The van der Waals surface area contributed by atoms with E-state index in [1.165, 1.54) is 0 Å². The number of carbonyl (C=O) groups is 1. The number of rotatable bonds is 7. The Morgan fingerprint density at radius 3 is 2.57 bits per heavy atom. The molecule has 14 heavy (non-hydrogen) atoms. The first-order valence-electron chi connectivity index (χ1n) is 5.09.